The normalized spacial score (nSPS) is 19.1. The van der Waals surface area contributed by atoms with Gasteiger partial charge in [0.15, 0.2) is 0 Å². The lowest BCUT2D eigenvalue weighted by atomic mass is 9.84. The third-order valence-corrected chi connectivity index (χ3v) is 6.12. The molecule has 1 saturated carbocycles. The molecule has 0 N–H and O–H groups in total. The zero-order valence-corrected chi connectivity index (χ0v) is 17.5. The van der Waals surface area contributed by atoms with Gasteiger partial charge in [-0.15, -0.1) is 0 Å². The fourth-order valence-electron chi connectivity index (χ4n) is 3.92. The van der Waals surface area contributed by atoms with E-state index in [0.717, 1.165) is 36.2 Å². The molecule has 1 aromatic heterocycles. The van der Waals surface area contributed by atoms with Crippen molar-refractivity contribution in [3.05, 3.63) is 58.9 Å². The summed E-state index contributed by atoms with van der Waals surface area (Å²) < 4.78 is 2.00. The number of carbonyl (C=O) groups is 2. The van der Waals surface area contributed by atoms with Crippen molar-refractivity contribution in [2.75, 3.05) is 13.6 Å². The molecule has 152 valence electrons. The molecule has 1 aliphatic carbocycles. The number of hydrazone groups is 1. The van der Waals surface area contributed by atoms with E-state index >= 15 is 0 Å². The van der Waals surface area contributed by atoms with Crippen LogP contribution in [0.1, 0.15) is 43.0 Å². The quantitative estimate of drug-likeness (QED) is 0.753. The topological polar surface area (TPSA) is 57.9 Å². The summed E-state index contributed by atoms with van der Waals surface area (Å²) in [6.07, 6.45) is 5.51. The van der Waals surface area contributed by atoms with Crippen molar-refractivity contribution in [1.29, 1.82) is 0 Å². The number of aromatic nitrogens is 1. The summed E-state index contributed by atoms with van der Waals surface area (Å²) in [5.74, 6) is -0.0521. The Morgan fingerprint density at radius 1 is 1.21 bits per heavy atom. The first-order valence-corrected chi connectivity index (χ1v) is 10.3. The highest BCUT2D eigenvalue weighted by molar-refractivity contribution is 6.30. The second-order valence-electron chi connectivity index (χ2n) is 7.88. The summed E-state index contributed by atoms with van der Waals surface area (Å²) in [5, 5.41) is 6.86. The minimum Gasteiger partial charge on any atom is -0.350 e. The van der Waals surface area contributed by atoms with Crippen LogP contribution in [-0.4, -0.2) is 45.6 Å². The van der Waals surface area contributed by atoms with E-state index in [1.807, 2.05) is 54.2 Å². The van der Waals surface area contributed by atoms with Crippen LogP contribution in [0, 0.1) is 5.92 Å². The van der Waals surface area contributed by atoms with Crippen LogP contribution < -0.4 is 0 Å². The average molecular weight is 413 g/mol. The lowest BCUT2D eigenvalue weighted by Gasteiger charge is -2.30. The monoisotopic (exact) mass is 412 g/mol. The summed E-state index contributed by atoms with van der Waals surface area (Å²) in [4.78, 5) is 27.1. The van der Waals surface area contributed by atoms with Crippen LogP contribution >= 0.6 is 11.6 Å². The molecule has 0 radical (unpaired) electrons. The van der Waals surface area contributed by atoms with Crippen molar-refractivity contribution >= 4 is 29.1 Å². The van der Waals surface area contributed by atoms with Crippen molar-refractivity contribution in [3.8, 4) is 0 Å². The predicted molar refractivity (Wildman–Crippen MR) is 113 cm³/mol. The van der Waals surface area contributed by atoms with Gasteiger partial charge in [-0.1, -0.05) is 30.2 Å². The van der Waals surface area contributed by atoms with E-state index in [2.05, 4.69) is 5.10 Å². The van der Waals surface area contributed by atoms with E-state index < -0.39 is 0 Å². The number of hydrogen-bond donors (Lipinski definition) is 0. The number of hydrogen-bond acceptors (Lipinski definition) is 3. The first kappa shape index (κ1) is 19.7. The number of aryl methyl sites for hydroxylation is 1. The highest BCUT2D eigenvalue weighted by Gasteiger charge is 2.35. The third kappa shape index (κ3) is 3.94. The minimum atomic E-state index is -0.211. The van der Waals surface area contributed by atoms with Crippen molar-refractivity contribution in [2.45, 2.75) is 31.7 Å². The number of benzene rings is 1. The molecule has 1 aliphatic heterocycles. The number of nitrogens with zero attached hydrogens (tertiary/aromatic N) is 4. The molecule has 0 unspecified atom stereocenters. The Kier molecular flexibility index (Phi) is 5.46. The second-order valence-corrected chi connectivity index (χ2v) is 8.32. The molecular weight excluding hydrogens is 388 g/mol. The SMILES string of the molecule is CN(CC(=O)N1N=C(c2cccn2C)C[C@H]1c1ccc(Cl)cc1)C(=O)C1CCC1. The summed E-state index contributed by atoms with van der Waals surface area (Å²) in [6, 6.07) is 11.3. The summed E-state index contributed by atoms with van der Waals surface area (Å²) >= 11 is 6.04. The number of carbonyl (C=O) groups excluding carboxylic acids is 2. The fourth-order valence-corrected chi connectivity index (χ4v) is 4.05. The highest BCUT2D eigenvalue weighted by atomic mass is 35.5. The Bertz CT molecular complexity index is 946. The van der Waals surface area contributed by atoms with Crippen LogP contribution in [0.25, 0.3) is 0 Å². The molecule has 29 heavy (non-hydrogen) atoms. The van der Waals surface area contributed by atoms with Gasteiger partial charge in [-0.2, -0.15) is 5.10 Å². The summed E-state index contributed by atoms with van der Waals surface area (Å²) in [7, 11) is 3.67. The van der Waals surface area contributed by atoms with Crippen LogP contribution in [0.5, 0.6) is 0 Å². The Morgan fingerprint density at radius 2 is 1.93 bits per heavy atom. The van der Waals surface area contributed by atoms with Crippen LogP contribution in [0.4, 0.5) is 0 Å². The fraction of sp³-hybridized carbons (Fsp3) is 0.409. The molecule has 0 saturated heterocycles. The third-order valence-electron chi connectivity index (χ3n) is 5.86. The smallest absolute Gasteiger partial charge is 0.262 e. The molecule has 1 atom stereocenters. The number of halogens is 1. The van der Waals surface area contributed by atoms with Gasteiger partial charge in [0.1, 0.15) is 6.54 Å². The molecule has 2 aromatic rings. The van der Waals surface area contributed by atoms with E-state index in [9.17, 15) is 9.59 Å². The lowest BCUT2D eigenvalue weighted by Crippen LogP contribution is -2.42. The number of amides is 2. The van der Waals surface area contributed by atoms with E-state index in [1.165, 1.54) is 5.01 Å². The molecule has 6 nitrogen and oxygen atoms in total. The average Bonchev–Trinajstić information content (AvgIpc) is 3.27. The number of rotatable bonds is 5. The van der Waals surface area contributed by atoms with Crippen LogP contribution in [-0.2, 0) is 16.6 Å². The Morgan fingerprint density at radius 3 is 2.52 bits per heavy atom. The molecule has 1 aromatic carbocycles. The minimum absolute atomic E-state index is 0.0311. The van der Waals surface area contributed by atoms with Crippen LogP contribution in [0.2, 0.25) is 5.02 Å². The van der Waals surface area contributed by atoms with Crippen LogP contribution in [0.15, 0.2) is 47.7 Å². The molecule has 2 aliphatic rings. The number of likely N-dealkylation sites (N-methyl/N-ethyl adjacent to an activating group) is 1. The molecule has 0 bridgehead atoms. The molecule has 4 rings (SSSR count). The lowest BCUT2D eigenvalue weighted by molar-refractivity contribution is -0.144. The Hall–Kier alpha value is -2.60. The maximum absolute atomic E-state index is 13.1. The zero-order valence-electron chi connectivity index (χ0n) is 16.7. The predicted octanol–water partition coefficient (Wildman–Crippen LogP) is 3.61. The zero-order chi connectivity index (χ0) is 20.5. The molecule has 7 heteroatoms. The molecule has 1 fully saturated rings. The largest absolute Gasteiger partial charge is 0.350 e. The summed E-state index contributed by atoms with van der Waals surface area (Å²) in [6.45, 7) is 0.0311. The first-order valence-electron chi connectivity index (χ1n) is 9.95. The van der Waals surface area contributed by atoms with Gasteiger partial charge in [-0.3, -0.25) is 9.59 Å². The van der Waals surface area contributed by atoms with Crippen molar-refractivity contribution in [1.82, 2.24) is 14.5 Å². The van der Waals surface area contributed by atoms with Crippen molar-refractivity contribution < 1.29 is 9.59 Å². The van der Waals surface area contributed by atoms with Gasteiger partial charge in [-0.25, -0.2) is 5.01 Å². The van der Waals surface area contributed by atoms with E-state index in [-0.39, 0.29) is 30.3 Å². The van der Waals surface area contributed by atoms with Crippen LogP contribution in [0.3, 0.4) is 0 Å². The van der Waals surface area contributed by atoms with Gasteiger partial charge in [0.25, 0.3) is 5.91 Å². The van der Waals surface area contributed by atoms with Gasteiger partial charge >= 0.3 is 0 Å². The van der Waals surface area contributed by atoms with Gasteiger partial charge in [-0.05, 0) is 42.7 Å². The van der Waals surface area contributed by atoms with E-state index in [0.29, 0.717) is 11.4 Å². The highest BCUT2D eigenvalue weighted by Crippen LogP contribution is 2.34. The van der Waals surface area contributed by atoms with Gasteiger partial charge in [0.05, 0.1) is 17.4 Å². The summed E-state index contributed by atoms with van der Waals surface area (Å²) in [5.41, 5.74) is 2.82. The maximum atomic E-state index is 13.1. The van der Waals surface area contributed by atoms with Gasteiger partial charge in [0.2, 0.25) is 5.91 Å². The van der Waals surface area contributed by atoms with E-state index in [4.69, 9.17) is 11.6 Å². The molecular formula is C22H25ClN4O2. The van der Waals surface area contributed by atoms with Crippen molar-refractivity contribution in [3.63, 3.8) is 0 Å². The van der Waals surface area contributed by atoms with Gasteiger partial charge in [0, 0.05) is 37.7 Å². The van der Waals surface area contributed by atoms with Crippen molar-refractivity contribution in [2.24, 2.45) is 18.1 Å². The van der Waals surface area contributed by atoms with Gasteiger partial charge < -0.3 is 9.47 Å². The molecule has 2 heterocycles. The molecule has 2 amide bonds. The first-order chi connectivity index (χ1) is 13.9. The molecule has 0 spiro atoms. The Balaban J connectivity index is 1.57. The Labute approximate surface area is 175 Å². The maximum Gasteiger partial charge on any atom is 0.262 e. The second kappa shape index (κ2) is 8.03. The standard InChI is InChI=1S/C22H25ClN4O2/c1-25-12-4-7-19(25)18-13-20(15-8-10-17(23)11-9-15)27(24-18)21(28)14-26(2)22(29)16-5-3-6-16/h4,7-12,16,20H,3,5-6,13-14H2,1-2H3/t20-/m0/s1. The van der Waals surface area contributed by atoms with E-state index in [1.54, 1.807) is 11.9 Å².